The molecule has 22 heteroatoms. The zero-order valence-electron chi connectivity index (χ0n) is 22.3. The van der Waals surface area contributed by atoms with Crippen LogP contribution in [0, 0.1) is 11.2 Å². The minimum absolute atomic E-state index is 0.0545. The number of benzene rings is 1. The second-order valence-electron chi connectivity index (χ2n) is 9.53. The number of thioether (sulfide) groups is 2. The predicted molar refractivity (Wildman–Crippen MR) is 149 cm³/mol. The van der Waals surface area contributed by atoms with E-state index in [0.29, 0.717) is 22.1 Å². The van der Waals surface area contributed by atoms with E-state index in [1.54, 1.807) is 5.32 Å². The number of rotatable bonds is 11. The van der Waals surface area contributed by atoms with E-state index < -0.39 is 63.4 Å². The van der Waals surface area contributed by atoms with E-state index in [9.17, 15) is 41.8 Å². The molecule has 0 aliphatic carbocycles. The summed E-state index contributed by atoms with van der Waals surface area (Å²) in [4.78, 5) is 60.4. The van der Waals surface area contributed by atoms with E-state index in [1.165, 1.54) is 29.2 Å². The van der Waals surface area contributed by atoms with Crippen molar-refractivity contribution < 1.29 is 46.7 Å². The predicted octanol–water partition coefficient (Wildman–Crippen LogP) is 1.48. The van der Waals surface area contributed by atoms with Crippen LogP contribution in [0.4, 0.5) is 22.7 Å². The largest absolute Gasteiger partial charge is 0.481 e. The number of carboxylic acids is 1. The molecule has 0 radical (unpaired) electrons. The van der Waals surface area contributed by atoms with Crippen molar-refractivity contribution >= 4 is 69.4 Å². The van der Waals surface area contributed by atoms with Crippen LogP contribution < -0.4 is 10.6 Å². The number of halogens is 4. The van der Waals surface area contributed by atoms with Crippen LogP contribution in [0.2, 0.25) is 0 Å². The number of anilines is 1. The highest BCUT2D eigenvalue weighted by molar-refractivity contribution is 8.00. The molecule has 15 nitrogen and oxygen atoms in total. The maximum atomic E-state index is 13.3. The molecule has 2 aromatic heterocycles. The number of β-lactam (4-membered cyclic amide) rings is 1. The lowest BCUT2D eigenvalue weighted by Crippen LogP contribution is -2.74. The number of amides is 3. The minimum atomic E-state index is -5.18. The molecule has 2 unspecified atom stereocenters. The Kier molecular flexibility index (Phi) is 9.25. The molecule has 2 saturated heterocycles. The molecule has 0 saturated carbocycles. The second-order valence-corrected chi connectivity index (χ2v) is 12.5. The van der Waals surface area contributed by atoms with Crippen molar-refractivity contribution in [3.63, 3.8) is 0 Å². The lowest BCUT2D eigenvalue weighted by Gasteiger charge is -2.53. The Hall–Kier alpha value is -4.31. The van der Waals surface area contributed by atoms with E-state index in [0.717, 1.165) is 28.9 Å². The Balaban J connectivity index is 1.29. The number of carboxylic acid groups (broad SMARTS) is 1. The molecule has 4 heterocycles. The van der Waals surface area contributed by atoms with Gasteiger partial charge in [0.25, 0.3) is 5.91 Å². The molecule has 3 aromatic rings. The smallest absolute Gasteiger partial charge is 0.471 e. The summed E-state index contributed by atoms with van der Waals surface area (Å²) in [6, 6.07) is 4.05. The van der Waals surface area contributed by atoms with Gasteiger partial charge in [-0.05, 0) is 28.1 Å². The summed E-state index contributed by atoms with van der Waals surface area (Å²) in [6.07, 6.45) is -5.18. The highest BCUT2D eigenvalue weighted by atomic mass is 32.2. The fourth-order valence-electron chi connectivity index (χ4n) is 4.10. The van der Waals surface area contributed by atoms with Gasteiger partial charge in [0.05, 0.1) is 0 Å². The van der Waals surface area contributed by atoms with Gasteiger partial charge in [-0.3, -0.25) is 24.5 Å². The van der Waals surface area contributed by atoms with Gasteiger partial charge in [-0.1, -0.05) is 29.1 Å². The topological polar surface area (TPSA) is 205 Å². The second kappa shape index (κ2) is 13.0. The Morgan fingerprint density at radius 3 is 2.69 bits per heavy atom. The van der Waals surface area contributed by atoms with Crippen LogP contribution in [0.1, 0.15) is 11.3 Å². The number of thiazole rings is 1. The highest BCUT2D eigenvalue weighted by Gasteiger charge is 2.57. The van der Waals surface area contributed by atoms with Crippen molar-refractivity contribution in [2.45, 2.75) is 29.4 Å². The maximum Gasteiger partial charge on any atom is 0.471 e. The molecule has 3 atom stereocenters. The summed E-state index contributed by atoms with van der Waals surface area (Å²) in [6.45, 7) is -0.372. The van der Waals surface area contributed by atoms with Crippen LogP contribution in [0.5, 0.6) is 0 Å². The average molecular weight is 690 g/mol. The molecular formula is C23H19F4N9O6S3. The number of aromatic amines is 1. The standard InChI is InChI=1S/C23H19F4N9O6S3/c24-11-3-1-10(2-4-11)5-42-33-13(12-6-43-20(28-12)30-18(39)23(25,26)27)15(37)29-14-16(38)36-7-22(19(40)41,8-44-17(14)36)9-45-21-31-34-35-32-21/h1-4,6,14,17H,5,7-9H2,(H,29,37)(H,40,41)(H,28,30,39)(H,31,32,34,35)/t14?,17-,22?/m1/s1. The van der Waals surface area contributed by atoms with Crippen molar-refractivity contribution in [2.24, 2.45) is 10.6 Å². The normalized spacial score (nSPS) is 21.5. The number of fused-ring (bicyclic) bond motifs is 1. The van der Waals surface area contributed by atoms with E-state index >= 15 is 0 Å². The zero-order chi connectivity index (χ0) is 32.4. The van der Waals surface area contributed by atoms with E-state index in [2.05, 4.69) is 36.1 Å². The van der Waals surface area contributed by atoms with Gasteiger partial charge in [0.1, 0.15) is 34.9 Å². The molecule has 3 amide bonds. The van der Waals surface area contributed by atoms with Crippen LogP contribution in [0.25, 0.3) is 0 Å². The molecular weight excluding hydrogens is 671 g/mol. The summed E-state index contributed by atoms with van der Waals surface area (Å²) >= 11 is 2.80. The SMILES string of the molecule is O=C(NC1C(=O)N2CC(CSc3nnn[nH]3)(C(=O)O)CS[C@H]12)C(=NOCc1ccc(F)cc1)c1csc(NC(=O)C(F)(F)F)n1. The van der Waals surface area contributed by atoms with Gasteiger partial charge in [0, 0.05) is 23.4 Å². The number of nitrogens with zero attached hydrogens (tertiary/aromatic N) is 6. The van der Waals surface area contributed by atoms with Crippen molar-refractivity contribution in [1.29, 1.82) is 0 Å². The number of carbonyl (C=O) groups is 4. The van der Waals surface area contributed by atoms with Gasteiger partial charge in [-0.2, -0.15) is 13.2 Å². The summed E-state index contributed by atoms with van der Waals surface area (Å²) in [7, 11) is 0. The van der Waals surface area contributed by atoms with E-state index in [-0.39, 0.29) is 30.4 Å². The third-order valence-electron chi connectivity index (χ3n) is 6.44. The summed E-state index contributed by atoms with van der Waals surface area (Å²) in [5.41, 5.74) is -1.65. The average Bonchev–Trinajstić information content (AvgIpc) is 3.70. The molecule has 45 heavy (non-hydrogen) atoms. The molecule has 0 bridgehead atoms. The van der Waals surface area contributed by atoms with E-state index in [4.69, 9.17) is 4.84 Å². The van der Waals surface area contributed by atoms with Crippen molar-refractivity contribution in [3.05, 3.63) is 46.7 Å². The van der Waals surface area contributed by atoms with Crippen LogP contribution in [0.15, 0.2) is 40.0 Å². The fraction of sp³-hybridized carbons (Fsp3) is 0.348. The third-order valence-corrected chi connectivity index (χ3v) is 9.92. The number of hydrogen-bond donors (Lipinski definition) is 4. The van der Waals surface area contributed by atoms with Gasteiger partial charge in [0.15, 0.2) is 10.8 Å². The molecule has 5 rings (SSSR count). The number of aromatic nitrogens is 5. The van der Waals surface area contributed by atoms with E-state index in [1.807, 2.05) is 0 Å². The molecule has 238 valence electrons. The Morgan fingerprint density at radius 1 is 1.27 bits per heavy atom. The van der Waals surface area contributed by atoms with Gasteiger partial charge in [-0.15, -0.1) is 28.2 Å². The first-order chi connectivity index (χ1) is 21.4. The fourth-order valence-corrected chi connectivity index (χ4v) is 7.39. The summed E-state index contributed by atoms with van der Waals surface area (Å²) in [5.74, 6) is -5.30. The molecule has 2 fully saturated rings. The molecule has 0 spiro atoms. The molecule has 1 aromatic carbocycles. The lowest BCUT2D eigenvalue weighted by molar-refractivity contribution is -0.167. The number of aliphatic carboxylic acids is 1. The minimum Gasteiger partial charge on any atom is -0.481 e. The third kappa shape index (κ3) is 7.17. The van der Waals surface area contributed by atoms with Gasteiger partial charge in [0.2, 0.25) is 11.1 Å². The number of tetrazole rings is 1. The zero-order valence-corrected chi connectivity index (χ0v) is 24.7. The van der Waals surface area contributed by atoms with Crippen LogP contribution in [-0.4, -0.2) is 101 Å². The van der Waals surface area contributed by atoms with Crippen molar-refractivity contribution in [3.8, 4) is 0 Å². The number of hydrogen-bond acceptors (Lipinski definition) is 13. The number of carbonyl (C=O) groups excluding carboxylic acids is 3. The quantitative estimate of drug-likeness (QED) is 0.0743. The van der Waals surface area contributed by atoms with Gasteiger partial charge in [-0.25, -0.2) is 14.5 Å². The van der Waals surface area contributed by atoms with Crippen molar-refractivity contribution in [2.75, 3.05) is 23.4 Å². The number of alkyl halides is 3. The molecule has 2 aliphatic heterocycles. The first-order valence-electron chi connectivity index (χ1n) is 12.5. The summed E-state index contributed by atoms with van der Waals surface area (Å²) in [5, 5.41) is 31.3. The van der Waals surface area contributed by atoms with Crippen LogP contribution in [0.3, 0.4) is 0 Å². The van der Waals surface area contributed by atoms with Crippen LogP contribution in [-0.2, 0) is 30.6 Å². The first-order valence-corrected chi connectivity index (χ1v) is 15.4. The Morgan fingerprint density at radius 2 is 2.02 bits per heavy atom. The lowest BCUT2D eigenvalue weighted by atomic mass is 9.89. The van der Waals surface area contributed by atoms with Crippen LogP contribution >= 0.6 is 34.9 Å². The first kappa shape index (κ1) is 32.1. The highest BCUT2D eigenvalue weighted by Crippen LogP contribution is 2.44. The van der Waals surface area contributed by atoms with Crippen molar-refractivity contribution in [1.82, 2.24) is 35.8 Å². The Bertz CT molecular complexity index is 1620. The number of nitrogens with one attached hydrogen (secondary N) is 3. The Labute approximate surface area is 261 Å². The van der Waals surface area contributed by atoms with Gasteiger partial charge < -0.3 is 20.2 Å². The number of H-pyrrole nitrogens is 1. The maximum absolute atomic E-state index is 13.3. The monoisotopic (exact) mass is 689 g/mol. The summed E-state index contributed by atoms with van der Waals surface area (Å²) < 4.78 is 51.3. The number of oxime groups is 1. The molecule has 4 N–H and O–H groups in total. The van der Waals surface area contributed by atoms with Gasteiger partial charge >= 0.3 is 18.1 Å². The molecule has 2 aliphatic rings.